The smallest absolute Gasteiger partial charge is 0.414 e. The Labute approximate surface area is 135 Å². The summed E-state index contributed by atoms with van der Waals surface area (Å²) in [7, 11) is 3.28. The first-order chi connectivity index (χ1) is 11.1. The molecule has 3 rings (SSSR count). The molecule has 1 aromatic heterocycles. The molecule has 2 heterocycles. The first kappa shape index (κ1) is 15.0. The molecule has 1 aliphatic heterocycles. The van der Waals surface area contributed by atoms with Gasteiger partial charge in [-0.15, -0.1) is 0 Å². The average Bonchev–Trinajstić information content (AvgIpc) is 2.97. The molecule has 1 aliphatic rings. The van der Waals surface area contributed by atoms with Gasteiger partial charge in [-0.2, -0.15) is 0 Å². The predicted molar refractivity (Wildman–Crippen MR) is 88.3 cm³/mol. The van der Waals surface area contributed by atoms with Crippen LogP contribution in [0.5, 0.6) is 5.75 Å². The molecule has 0 N–H and O–H groups in total. The molecule has 5 nitrogen and oxygen atoms in total. The van der Waals surface area contributed by atoms with Gasteiger partial charge in [-0.05, 0) is 37.3 Å². The van der Waals surface area contributed by atoms with Gasteiger partial charge >= 0.3 is 6.09 Å². The Kier molecular flexibility index (Phi) is 3.93. The number of fused-ring (bicyclic) bond motifs is 3. The van der Waals surface area contributed by atoms with Crippen molar-refractivity contribution in [2.24, 2.45) is 0 Å². The fraction of sp³-hybridized carbons (Fsp3) is 0.167. The van der Waals surface area contributed by atoms with Crippen LogP contribution >= 0.6 is 0 Å². The number of rotatable bonds is 2. The molecule has 0 aliphatic carbocycles. The molecule has 0 unspecified atom stereocenters. The van der Waals surface area contributed by atoms with Crippen molar-refractivity contribution in [2.75, 3.05) is 14.1 Å². The molecular formula is C18H18N2O3. The molecule has 0 radical (unpaired) electrons. The lowest BCUT2D eigenvalue weighted by molar-refractivity contribution is 0.160. The van der Waals surface area contributed by atoms with E-state index < -0.39 is 6.09 Å². The van der Waals surface area contributed by atoms with E-state index in [1.165, 1.54) is 4.90 Å². The molecule has 5 heteroatoms. The number of amides is 1. The average molecular weight is 310 g/mol. The highest BCUT2D eigenvalue weighted by molar-refractivity contribution is 5.79. The molecule has 0 bridgehead atoms. The number of hydrogen-bond donors (Lipinski definition) is 0. The second-order valence-corrected chi connectivity index (χ2v) is 5.29. The summed E-state index contributed by atoms with van der Waals surface area (Å²) in [5, 5.41) is 0. The maximum Gasteiger partial charge on any atom is 0.414 e. The van der Waals surface area contributed by atoms with E-state index in [1.54, 1.807) is 20.2 Å². The second kappa shape index (κ2) is 6.04. The lowest BCUT2D eigenvalue weighted by Gasteiger charge is -2.14. The summed E-state index contributed by atoms with van der Waals surface area (Å²) in [4.78, 5) is 13.4. The standard InChI is InChI=1S/C18H18N2O3/c1-4-8-16-17(23-18(21)19(2)3)14-10-7-12-20(14)13-9-5-6-11-15(13)22-16/h4-12H,1-3H3/b8-4+. The van der Waals surface area contributed by atoms with E-state index in [0.717, 1.165) is 11.4 Å². The van der Waals surface area contributed by atoms with Gasteiger partial charge in [0.15, 0.2) is 17.3 Å². The number of allylic oxidation sites excluding steroid dienone is 2. The van der Waals surface area contributed by atoms with Gasteiger partial charge in [-0.3, -0.25) is 0 Å². The van der Waals surface area contributed by atoms with Crippen molar-refractivity contribution in [3.8, 4) is 11.4 Å². The predicted octanol–water partition coefficient (Wildman–Crippen LogP) is 3.81. The highest BCUT2D eigenvalue weighted by Gasteiger charge is 2.25. The summed E-state index contributed by atoms with van der Waals surface area (Å²) in [6.07, 6.45) is 5.10. The van der Waals surface area contributed by atoms with Gasteiger partial charge in [0.05, 0.1) is 11.4 Å². The van der Waals surface area contributed by atoms with E-state index >= 15 is 0 Å². The second-order valence-electron chi connectivity index (χ2n) is 5.29. The summed E-state index contributed by atoms with van der Waals surface area (Å²) in [6, 6.07) is 11.5. The van der Waals surface area contributed by atoms with Gasteiger partial charge < -0.3 is 18.9 Å². The summed E-state index contributed by atoms with van der Waals surface area (Å²) in [6.45, 7) is 1.89. The number of benzene rings is 1. The number of nitrogens with zero attached hydrogens (tertiary/aromatic N) is 2. The molecular weight excluding hydrogens is 292 g/mol. The molecule has 1 amide bonds. The van der Waals surface area contributed by atoms with E-state index in [0.29, 0.717) is 17.3 Å². The fourth-order valence-electron chi connectivity index (χ4n) is 2.35. The van der Waals surface area contributed by atoms with E-state index in [9.17, 15) is 4.79 Å². The number of aromatic nitrogens is 1. The molecule has 0 saturated carbocycles. The first-order valence-electron chi connectivity index (χ1n) is 7.33. The minimum absolute atomic E-state index is 0.392. The van der Waals surface area contributed by atoms with Crippen LogP contribution in [0.3, 0.4) is 0 Å². The van der Waals surface area contributed by atoms with Crippen molar-refractivity contribution in [1.82, 2.24) is 9.47 Å². The van der Waals surface area contributed by atoms with Crippen LogP contribution in [0, 0.1) is 0 Å². The number of carbonyl (C=O) groups excluding carboxylic acids is 1. The third-order valence-corrected chi connectivity index (χ3v) is 3.42. The molecule has 2 aromatic rings. The van der Waals surface area contributed by atoms with Crippen LogP contribution in [0.1, 0.15) is 12.6 Å². The van der Waals surface area contributed by atoms with E-state index in [1.807, 2.05) is 60.2 Å². The molecule has 0 fully saturated rings. The number of ether oxygens (including phenoxy) is 2. The van der Waals surface area contributed by atoms with Crippen LogP contribution in [-0.4, -0.2) is 29.7 Å². The van der Waals surface area contributed by atoms with Crippen LogP contribution in [0.2, 0.25) is 0 Å². The molecule has 0 saturated heterocycles. The summed E-state index contributed by atoms with van der Waals surface area (Å²) in [5.41, 5.74) is 1.66. The van der Waals surface area contributed by atoms with Crippen LogP contribution in [0.25, 0.3) is 11.4 Å². The quantitative estimate of drug-likeness (QED) is 0.847. The maximum atomic E-state index is 12.1. The van der Waals surface area contributed by atoms with Crippen molar-refractivity contribution in [1.29, 1.82) is 0 Å². The van der Waals surface area contributed by atoms with Crippen LogP contribution < -0.4 is 4.74 Å². The van der Waals surface area contributed by atoms with Gasteiger partial charge in [0.1, 0.15) is 0 Å². The Morgan fingerprint density at radius 2 is 2.00 bits per heavy atom. The van der Waals surface area contributed by atoms with Crippen LogP contribution in [0.4, 0.5) is 4.79 Å². The van der Waals surface area contributed by atoms with Gasteiger partial charge in [0, 0.05) is 20.3 Å². The SMILES string of the molecule is C/C=C/C1=C(OC(=O)N(C)C)c2cccn2-c2ccccc2O1. The number of hydrogen-bond acceptors (Lipinski definition) is 3. The zero-order valence-electron chi connectivity index (χ0n) is 13.3. The molecule has 23 heavy (non-hydrogen) atoms. The van der Waals surface area contributed by atoms with Gasteiger partial charge in [-0.1, -0.05) is 18.2 Å². The van der Waals surface area contributed by atoms with Crippen molar-refractivity contribution >= 4 is 11.9 Å². The number of para-hydroxylation sites is 2. The van der Waals surface area contributed by atoms with Gasteiger partial charge in [0.25, 0.3) is 0 Å². The Bertz CT molecular complexity index is 800. The Balaban J connectivity index is 2.19. The topological polar surface area (TPSA) is 43.7 Å². The number of carbonyl (C=O) groups is 1. The lowest BCUT2D eigenvalue weighted by atomic mass is 10.2. The van der Waals surface area contributed by atoms with Crippen molar-refractivity contribution < 1.29 is 14.3 Å². The largest absolute Gasteiger partial charge is 0.451 e. The van der Waals surface area contributed by atoms with Crippen molar-refractivity contribution in [2.45, 2.75) is 6.92 Å². The van der Waals surface area contributed by atoms with Crippen LogP contribution in [-0.2, 0) is 4.74 Å². The Morgan fingerprint density at radius 1 is 1.22 bits per heavy atom. The normalized spacial score (nSPS) is 13.2. The summed E-state index contributed by atoms with van der Waals surface area (Å²) < 4.78 is 13.5. The zero-order valence-corrected chi connectivity index (χ0v) is 13.3. The summed E-state index contributed by atoms with van der Waals surface area (Å²) in [5.74, 6) is 1.59. The minimum Gasteiger partial charge on any atom is -0.451 e. The molecule has 0 atom stereocenters. The lowest BCUT2D eigenvalue weighted by Crippen LogP contribution is -2.23. The molecule has 0 spiro atoms. The van der Waals surface area contributed by atoms with Crippen molar-refractivity contribution in [3.63, 3.8) is 0 Å². The molecule has 118 valence electrons. The van der Waals surface area contributed by atoms with Crippen LogP contribution in [0.15, 0.2) is 60.5 Å². The zero-order chi connectivity index (χ0) is 16.4. The van der Waals surface area contributed by atoms with Gasteiger partial charge in [0.2, 0.25) is 0 Å². The van der Waals surface area contributed by atoms with E-state index in [2.05, 4.69) is 0 Å². The molecule has 1 aromatic carbocycles. The third kappa shape index (κ3) is 2.73. The van der Waals surface area contributed by atoms with Gasteiger partial charge in [-0.25, -0.2) is 4.79 Å². The Morgan fingerprint density at radius 3 is 2.74 bits per heavy atom. The highest BCUT2D eigenvalue weighted by Crippen LogP contribution is 2.35. The minimum atomic E-state index is -0.454. The first-order valence-corrected chi connectivity index (χ1v) is 7.33. The van der Waals surface area contributed by atoms with Crippen molar-refractivity contribution in [3.05, 3.63) is 66.2 Å². The maximum absolute atomic E-state index is 12.1. The Hall–Kier alpha value is -2.95. The van der Waals surface area contributed by atoms with E-state index in [4.69, 9.17) is 9.47 Å². The monoisotopic (exact) mass is 310 g/mol. The third-order valence-electron chi connectivity index (χ3n) is 3.42. The summed E-state index contributed by atoms with van der Waals surface area (Å²) >= 11 is 0. The highest BCUT2D eigenvalue weighted by atomic mass is 16.6. The van der Waals surface area contributed by atoms with E-state index in [-0.39, 0.29) is 0 Å². The fourth-order valence-corrected chi connectivity index (χ4v) is 2.35.